The van der Waals surface area contributed by atoms with Gasteiger partial charge in [-0.05, 0) is 31.2 Å². The lowest BCUT2D eigenvalue weighted by molar-refractivity contribution is 0.0697. The predicted molar refractivity (Wildman–Crippen MR) is 157 cm³/mol. The predicted octanol–water partition coefficient (Wildman–Crippen LogP) is 4.01. The highest BCUT2D eigenvalue weighted by atomic mass is 19.1. The van der Waals surface area contributed by atoms with Gasteiger partial charge in [-0.1, -0.05) is 12.1 Å². The number of halogens is 1. The molecule has 0 saturated carbocycles. The van der Waals surface area contributed by atoms with Crippen molar-refractivity contribution in [3.8, 4) is 11.9 Å². The number of carbonyl (C=O) groups is 1. The van der Waals surface area contributed by atoms with Crippen LogP contribution in [0.2, 0.25) is 0 Å². The summed E-state index contributed by atoms with van der Waals surface area (Å²) in [6, 6.07) is 13.5. The zero-order valence-corrected chi connectivity index (χ0v) is 23.7. The van der Waals surface area contributed by atoms with Crippen LogP contribution in [0.25, 0.3) is 5.65 Å². The number of carboxylic acids is 1. The molecule has 0 radical (unpaired) electrons. The molecule has 0 amide bonds. The number of aromatic nitrogens is 5. The van der Waals surface area contributed by atoms with E-state index in [-0.39, 0.29) is 17.7 Å². The van der Waals surface area contributed by atoms with Crippen molar-refractivity contribution in [3.63, 3.8) is 0 Å². The second-order valence-electron chi connectivity index (χ2n) is 10.5. The van der Waals surface area contributed by atoms with E-state index in [1.54, 1.807) is 30.5 Å². The molecule has 0 bridgehead atoms. The molecule has 1 fully saturated rings. The average molecular weight is 583 g/mol. The van der Waals surface area contributed by atoms with Crippen molar-refractivity contribution in [1.82, 2.24) is 28.4 Å². The van der Waals surface area contributed by atoms with Crippen LogP contribution in [-0.2, 0) is 26.2 Å². The third-order valence-electron chi connectivity index (χ3n) is 7.79. The van der Waals surface area contributed by atoms with E-state index >= 15 is 0 Å². The molecule has 0 unspecified atom stereocenters. The summed E-state index contributed by atoms with van der Waals surface area (Å²) < 4.78 is 26.2. The van der Waals surface area contributed by atoms with Gasteiger partial charge in [-0.15, -0.1) is 0 Å². The number of benzene rings is 1. The van der Waals surface area contributed by atoms with Crippen LogP contribution in [0, 0.1) is 17.1 Å². The van der Waals surface area contributed by atoms with Gasteiger partial charge in [0.05, 0.1) is 41.5 Å². The van der Waals surface area contributed by atoms with E-state index in [9.17, 15) is 14.3 Å². The average Bonchev–Trinajstić information content (AvgIpc) is 3.73. The zero-order valence-electron chi connectivity index (χ0n) is 23.7. The lowest BCUT2D eigenvalue weighted by Gasteiger charge is -2.35. The van der Waals surface area contributed by atoms with Gasteiger partial charge in [-0.25, -0.2) is 14.2 Å². The second kappa shape index (κ2) is 12.0. The molecule has 43 heavy (non-hydrogen) atoms. The van der Waals surface area contributed by atoms with Crippen molar-refractivity contribution in [2.24, 2.45) is 0 Å². The van der Waals surface area contributed by atoms with E-state index in [0.29, 0.717) is 24.5 Å². The molecule has 1 aliphatic heterocycles. The molecule has 1 aliphatic rings. The number of pyridine rings is 1. The molecule has 1 saturated heterocycles. The van der Waals surface area contributed by atoms with Gasteiger partial charge in [0.2, 0.25) is 5.88 Å². The number of fused-ring (bicyclic) bond motifs is 1. The van der Waals surface area contributed by atoms with Crippen LogP contribution in [0.5, 0.6) is 5.88 Å². The zero-order chi connectivity index (χ0) is 29.9. The van der Waals surface area contributed by atoms with Crippen LogP contribution in [0.3, 0.4) is 0 Å². The number of piperazine rings is 1. The molecule has 12 heteroatoms. The summed E-state index contributed by atoms with van der Waals surface area (Å²) in [5.41, 5.74) is 3.86. The fraction of sp³-hybridized carbons (Fsp3) is 0.290. The molecule has 220 valence electrons. The maximum absolute atomic E-state index is 14.3. The highest BCUT2D eigenvalue weighted by molar-refractivity contribution is 5.89. The van der Waals surface area contributed by atoms with Crippen molar-refractivity contribution < 1.29 is 19.0 Å². The first kappa shape index (κ1) is 28.0. The van der Waals surface area contributed by atoms with Gasteiger partial charge in [0.25, 0.3) is 0 Å². The van der Waals surface area contributed by atoms with E-state index < -0.39 is 11.8 Å². The molecule has 11 nitrogen and oxygen atoms in total. The standard InChI is InChI=1S/C31H31FN8O3/c1-2-37-21-34-15-25(37)19-40-26(18-39-16-24(31(41)42)13-30(39)40)17-36-8-10-38(11-9-36)28-4-3-5-29(35-28)43-20-23-7-6-22(14-33)12-27(23)32/h3-7,12-13,15-16,18,21H,2,8-11,17,19-20H2,1H3,(H,41,42). The summed E-state index contributed by atoms with van der Waals surface area (Å²) in [5.74, 6) is -0.224. The summed E-state index contributed by atoms with van der Waals surface area (Å²) in [6.45, 7) is 7.37. The minimum Gasteiger partial charge on any atom is -0.478 e. The highest BCUT2D eigenvalue weighted by Gasteiger charge is 2.22. The van der Waals surface area contributed by atoms with Gasteiger partial charge in [0, 0.05) is 69.5 Å². The normalized spacial score (nSPS) is 13.8. The van der Waals surface area contributed by atoms with E-state index in [2.05, 4.69) is 35.8 Å². The Hall–Kier alpha value is -5.15. The van der Waals surface area contributed by atoms with Gasteiger partial charge >= 0.3 is 5.97 Å². The maximum atomic E-state index is 14.3. The first-order valence-corrected chi connectivity index (χ1v) is 14.1. The van der Waals surface area contributed by atoms with Gasteiger partial charge in [0.15, 0.2) is 0 Å². The Balaban J connectivity index is 1.12. The second-order valence-corrected chi connectivity index (χ2v) is 10.5. The Morgan fingerprint density at radius 1 is 1.09 bits per heavy atom. The fourth-order valence-corrected chi connectivity index (χ4v) is 5.43. The van der Waals surface area contributed by atoms with Crippen LogP contribution < -0.4 is 9.64 Å². The number of hydrogen-bond donors (Lipinski definition) is 1. The Kier molecular flexibility index (Phi) is 7.81. The van der Waals surface area contributed by atoms with Gasteiger partial charge in [0.1, 0.15) is 23.9 Å². The third-order valence-corrected chi connectivity index (χ3v) is 7.79. The highest BCUT2D eigenvalue weighted by Crippen LogP contribution is 2.23. The molecule has 1 aromatic carbocycles. The van der Waals surface area contributed by atoms with Crippen molar-refractivity contribution in [1.29, 1.82) is 5.26 Å². The molecule has 5 heterocycles. The Labute approximate surface area is 247 Å². The number of rotatable bonds is 10. The lowest BCUT2D eigenvalue weighted by atomic mass is 10.1. The monoisotopic (exact) mass is 582 g/mol. The minimum absolute atomic E-state index is 0.0169. The number of ether oxygens (including phenoxy) is 1. The first-order valence-electron chi connectivity index (χ1n) is 14.1. The first-order chi connectivity index (χ1) is 20.9. The summed E-state index contributed by atoms with van der Waals surface area (Å²) in [6.07, 6.45) is 7.34. The molecule has 0 aliphatic carbocycles. The molecular weight excluding hydrogens is 551 g/mol. The number of nitriles is 1. The lowest BCUT2D eigenvalue weighted by Crippen LogP contribution is -2.46. The summed E-state index contributed by atoms with van der Waals surface area (Å²) in [5, 5.41) is 18.5. The van der Waals surface area contributed by atoms with E-state index in [1.165, 1.54) is 6.07 Å². The molecule has 6 rings (SSSR count). The quantitative estimate of drug-likeness (QED) is 0.263. The number of aromatic carboxylic acids is 1. The van der Waals surface area contributed by atoms with E-state index in [1.807, 2.05) is 41.3 Å². The third kappa shape index (κ3) is 5.93. The molecule has 4 aromatic heterocycles. The molecule has 0 spiro atoms. The van der Waals surface area contributed by atoms with Crippen molar-refractivity contribution in [2.75, 3.05) is 31.1 Å². The Bertz CT molecular complexity index is 1810. The van der Waals surface area contributed by atoms with Gasteiger partial charge in [-0.3, -0.25) is 4.90 Å². The number of anilines is 1. The summed E-state index contributed by atoms with van der Waals surface area (Å²) >= 11 is 0. The van der Waals surface area contributed by atoms with Crippen LogP contribution in [0.4, 0.5) is 10.2 Å². The van der Waals surface area contributed by atoms with Gasteiger partial charge < -0.3 is 28.3 Å². The van der Waals surface area contributed by atoms with Crippen molar-refractivity contribution in [3.05, 3.63) is 101 Å². The van der Waals surface area contributed by atoms with Crippen molar-refractivity contribution >= 4 is 17.4 Å². The largest absolute Gasteiger partial charge is 0.478 e. The van der Waals surface area contributed by atoms with Crippen LogP contribution in [0.1, 0.15) is 39.8 Å². The van der Waals surface area contributed by atoms with E-state index in [0.717, 1.165) is 55.6 Å². The molecule has 5 aromatic rings. The number of imidazole rings is 2. The Morgan fingerprint density at radius 2 is 1.93 bits per heavy atom. The number of carboxylic acid groups (broad SMARTS) is 1. The van der Waals surface area contributed by atoms with Crippen molar-refractivity contribution in [2.45, 2.75) is 33.2 Å². The molecular formula is C31H31FN8O3. The number of hydrogen-bond acceptors (Lipinski definition) is 7. The van der Waals surface area contributed by atoms with Gasteiger partial charge in [-0.2, -0.15) is 10.2 Å². The fourth-order valence-electron chi connectivity index (χ4n) is 5.43. The smallest absolute Gasteiger partial charge is 0.337 e. The topological polar surface area (TPSA) is 117 Å². The number of aryl methyl sites for hydroxylation is 1. The Morgan fingerprint density at radius 3 is 2.67 bits per heavy atom. The van der Waals surface area contributed by atoms with Crippen LogP contribution >= 0.6 is 0 Å². The molecule has 0 atom stereocenters. The number of nitrogens with zero attached hydrogens (tertiary/aromatic N) is 8. The van der Waals surface area contributed by atoms with Crippen LogP contribution in [0.15, 0.2) is 67.4 Å². The SMILES string of the molecule is CCn1cncc1Cn1c(CN2CCN(c3cccc(OCc4ccc(C#N)cc4F)n3)CC2)cn2cc(C(=O)O)cc12. The summed E-state index contributed by atoms with van der Waals surface area (Å²) in [4.78, 5) is 25.2. The van der Waals surface area contributed by atoms with Crippen LogP contribution in [-0.4, -0.2) is 65.7 Å². The minimum atomic E-state index is -0.948. The maximum Gasteiger partial charge on any atom is 0.337 e. The summed E-state index contributed by atoms with van der Waals surface area (Å²) in [7, 11) is 0. The molecule has 1 N–H and O–H groups in total. The van der Waals surface area contributed by atoms with E-state index in [4.69, 9.17) is 10.00 Å².